The maximum Gasteiger partial charge on any atom is 0.307 e. The van der Waals surface area contributed by atoms with E-state index in [1.807, 2.05) is 0 Å². The third kappa shape index (κ3) is 2.84. The van der Waals surface area contributed by atoms with Crippen LogP contribution in [0.15, 0.2) is 35.2 Å². The Hall–Kier alpha value is -1.36. The van der Waals surface area contributed by atoms with E-state index < -0.39 is 20.7 Å². The largest absolute Gasteiger partial charge is 0.459 e. The van der Waals surface area contributed by atoms with E-state index in [2.05, 4.69) is 0 Å². The van der Waals surface area contributed by atoms with Gasteiger partial charge >= 0.3 is 5.97 Å². The molecule has 1 aliphatic carbocycles. The molecule has 0 N–H and O–H groups in total. The van der Waals surface area contributed by atoms with Gasteiger partial charge in [-0.05, 0) is 37.8 Å². The van der Waals surface area contributed by atoms with Crippen molar-refractivity contribution in [3.8, 4) is 0 Å². The van der Waals surface area contributed by atoms with Crippen LogP contribution in [0.2, 0.25) is 0 Å². The van der Waals surface area contributed by atoms with Gasteiger partial charge in [0.05, 0.1) is 16.6 Å². The van der Waals surface area contributed by atoms with Crippen LogP contribution in [-0.2, 0) is 19.4 Å². The van der Waals surface area contributed by atoms with Crippen LogP contribution in [0, 0.1) is 0 Å². The van der Waals surface area contributed by atoms with Crippen molar-refractivity contribution in [2.75, 3.05) is 0 Å². The van der Waals surface area contributed by atoms with E-state index in [1.165, 1.54) is 0 Å². The summed E-state index contributed by atoms with van der Waals surface area (Å²) in [6.45, 7) is 0. The predicted molar refractivity (Wildman–Crippen MR) is 78.6 cm³/mol. The third-order valence-corrected chi connectivity index (χ3v) is 6.74. The maximum absolute atomic E-state index is 12.8. The van der Waals surface area contributed by atoms with Crippen LogP contribution in [0.25, 0.3) is 0 Å². The average Bonchev–Trinajstić information content (AvgIpc) is 2.48. The number of ether oxygens (including phenoxy) is 1. The number of esters is 1. The second-order valence-corrected chi connectivity index (χ2v) is 8.33. The van der Waals surface area contributed by atoms with Gasteiger partial charge in [0.15, 0.2) is 9.84 Å². The fourth-order valence-electron chi connectivity index (χ4n) is 3.52. The van der Waals surface area contributed by atoms with Crippen molar-refractivity contribution >= 4 is 15.8 Å². The molecule has 1 saturated carbocycles. The van der Waals surface area contributed by atoms with Crippen molar-refractivity contribution in [3.05, 3.63) is 30.3 Å². The van der Waals surface area contributed by atoms with E-state index >= 15 is 0 Å². The Balaban J connectivity index is 1.89. The van der Waals surface area contributed by atoms with Crippen LogP contribution in [0.4, 0.5) is 0 Å². The molecule has 4 nitrogen and oxygen atoms in total. The molecule has 2 aliphatic rings. The summed E-state index contributed by atoms with van der Waals surface area (Å²) in [5.41, 5.74) is -0.542. The number of carbonyl (C=O) groups excluding carboxylic acids is 1. The third-order valence-electron chi connectivity index (χ3n) is 4.60. The lowest BCUT2D eigenvalue weighted by Gasteiger charge is -2.42. The number of hydrogen-bond donors (Lipinski definition) is 0. The summed E-state index contributed by atoms with van der Waals surface area (Å²) in [7, 11) is -3.47. The molecule has 0 bridgehead atoms. The number of rotatable bonds is 2. The van der Waals surface area contributed by atoms with Crippen LogP contribution < -0.4 is 0 Å². The van der Waals surface area contributed by atoms with Crippen LogP contribution in [0.5, 0.6) is 0 Å². The van der Waals surface area contributed by atoms with Gasteiger partial charge in [-0.3, -0.25) is 4.79 Å². The first kappa shape index (κ1) is 14.6. The normalized spacial score (nSPS) is 25.5. The van der Waals surface area contributed by atoms with E-state index in [4.69, 9.17) is 4.74 Å². The van der Waals surface area contributed by atoms with Gasteiger partial charge in [-0.25, -0.2) is 8.42 Å². The van der Waals surface area contributed by atoms with E-state index in [1.54, 1.807) is 30.3 Å². The molecule has 1 aromatic rings. The van der Waals surface area contributed by atoms with Crippen molar-refractivity contribution in [1.29, 1.82) is 0 Å². The molecule has 1 aliphatic heterocycles. The molecule has 1 aromatic carbocycles. The Morgan fingerprint density at radius 1 is 1.05 bits per heavy atom. The highest BCUT2D eigenvalue weighted by molar-refractivity contribution is 7.92. The molecular formula is C16H20O4S. The van der Waals surface area contributed by atoms with Gasteiger partial charge in [-0.2, -0.15) is 0 Å². The Kier molecular flexibility index (Phi) is 3.78. The molecule has 114 valence electrons. The first-order valence-corrected chi connectivity index (χ1v) is 9.07. The zero-order chi connectivity index (χ0) is 14.9. The molecular weight excluding hydrogens is 288 g/mol. The average molecular weight is 308 g/mol. The van der Waals surface area contributed by atoms with E-state index in [-0.39, 0.29) is 12.4 Å². The van der Waals surface area contributed by atoms with Gasteiger partial charge in [-0.1, -0.05) is 24.6 Å². The first-order chi connectivity index (χ1) is 10.0. The monoisotopic (exact) mass is 308 g/mol. The Bertz CT molecular complexity index is 615. The molecule has 5 heteroatoms. The van der Waals surface area contributed by atoms with Crippen molar-refractivity contribution in [2.45, 2.75) is 60.7 Å². The molecule has 0 amide bonds. The molecule has 1 unspecified atom stereocenters. The van der Waals surface area contributed by atoms with E-state index in [9.17, 15) is 13.2 Å². The zero-order valence-corrected chi connectivity index (χ0v) is 12.8. The van der Waals surface area contributed by atoms with Crippen molar-refractivity contribution in [1.82, 2.24) is 0 Å². The van der Waals surface area contributed by atoms with Crippen LogP contribution in [-0.4, -0.2) is 25.2 Å². The standard InChI is InChI=1S/C16H20O4S/c17-15-11-14(12-16(20-15)9-5-2-6-10-16)21(18,19)13-7-3-1-4-8-13/h1,3-4,7-8,14H,2,5-6,9-12H2. The number of carbonyl (C=O) groups is 1. The van der Waals surface area contributed by atoms with Crippen molar-refractivity contribution in [3.63, 3.8) is 0 Å². The van der Waals surface area contributed by atoms with Gasteiger partial charge in [0.1, 0.15) is 5.60 Å². The Labute approximate surface area is 125 Å². The lowest BCUT2D eigenvalue weighted by Crippen LogP contribution is -2.47. The highest BCUT2D eigenvalue weighted by Gasteiger charge is 2.46. The summed E-state index contributed by atoms with van der Waals surface area (Å²) in [6.07, 6.45) is 5.14. The van der Waals surface area contributed by atoms with Crippen molar-refractivity contribution in [2.24, 2.45) is 0 Å². The van der Waals surface area contributed by atoms with E-state index in [0.717, 1.165) is 32.1 Å². The molecule has 2 fully saturated rings. The van der Waals surface area contributed by atoms with Gasteiger partial charge in [0.25, 0.3) is 0 Å². The van der Waals surface area contributed by atoms with Crippen molar-refractivity contribution < 1.29 is 17.9 Å². The minimum absolute atomic E-state index is 0.0288. The molecule has 0 radical (unpaired) electrons. The fraction of sp³-hybridized carbons (Fsp3) is 0.562. The van der Waals surface area contributed by atoms with Gasteiger partial charge < -0.3 is 4.74 Å². The topological polar surface area (TPSA) is 60.4 Å². The summed E-state index contributed by atoms with van der Waals surface area (Å²) in [4.78, 5) is 12.2. The minimum atomic E-state index is -3.47. The van der Waals surface area contributed by atoms with Gasteiger partial charge in [-0.15, -0.1) is 0 Å². The number of benzene rings is 1. The minimum Gasteiger partial charge on any atom is -0.459 e. The second-order valence-electron chi connectivity index (χ2n) is 6.11. The van der Waals surface area contributed by atoms with Crippen LogP contribution in [0.1, 0.15) is 44.9 Å². The summed E-state index contributed by atoms with van der Waals surface area (Å²) in [5, 5.41) is -0.653. The van der Waals surface area contributed by atoms with Crippen LogP contribution >= 0.6 is 0 Å². The number of hydrogen-bond acceptors (Lipinski definition) is 4. The van der Waals surface area contributed by atoms with Gasteiger partial charge in [0, 0.05) is 6.42 Å². The molecule has 1 heterocycles. The second kappa shape index (κ2) is 5.44. The predicted octanol–water partition coefficient (Wildman–Crippen LogP) is 2.87. The summed E-state index contributed by atoms with van der Waals surface area (Å²) in [5.74, 6) is -0.368. The molecule has 3 rings (SSSR count). The lowest BCUT2D eigenvalue weighted by molar-refractivity contribution is -0.170. The highest BCUT2D eigenvalue weighted by Crippen LogP contribution is 2.41. The number of sulfone groups is 1. The maximum atomic E-state index is 12.8. The Morgan fingerprint density at radius 2 is 1.71 bits per heavy atom. The van der Waals surface area contributed by atoms with E-state index in [0.29, 0.717) is 11.3 Å². The van der Waals surface area contributed by atoms with Crippen LogP contribution in [0.3, 0.4) is 0 Å². The fourth-order valence-corrected chi connectivity index (χ4v) is 5.32. The summed E-state index contributed by atoms with van der Waals surface area (Å²) in [6, 6.07) is 8.41. The molecule has 21 heavy (non-hydrogen) atoms. The quantitative estimate of drug-likeness (QED) is 0.788. The molecule has 1 spiro atoms. The summed E-state index contributed by atoms with van der Waals surface area (Å²) >= 11 is 0. The zero-order valence-electron chi connectivity index (χ0n) is 12.0. The van der Waals surface area contributed by atoms with Gasteiger partial charge in [0.2, 0.25) is 0 Å². The highest BCUT2D eigenvalue weighted by atomic mass is 32.2. The molecule has 1 atom stereocenters. The first-order valence-electron chi connectivity index (χ1n) is 7.53. The molecule has 0 aromatic heterocycles. The Morgan fingerprint density at radius 3 is 2.38 bits per heavy atom. The lowest BCUT2D eigenvalue weighted by atomic mass is 9.79. The smallest absolute Gasteiger partial charge is 0.307 e. The molecule has 1 saturated heterocycles. The SMILES string of the molecule is O=C1CC(S(=O)(=O)c2ccccc2)CC2(CCCCC2)O1. The summed E-state index contributed by atoms with van der Waals surface area (Å²) < 4.78 is 31.1.